The van der Waals surface area contributed by atoms with Gasteiger partial charge in [0.25, 0.3) is 0 Å². The molecule has 1 aliphatic carbocycles. The predicted molar refractivity (Wildman–Crippen MR) is 83.8 cm³/mol. The van der Waals surface area contributed by atoms with Crippen LogP contribution in [-0.4, -0.2) is 10.2 Å². The molecular formula is C19H22O2. The maximum absolute atomic E-state index is 11.0. The summed E-state index contributed by atoms with van der Waals surface area (Å²) in [6.45, 7) is 0. The van der Waals surface area contributed by atoms with Gasteiger partial charge in [0.1, 0.15) is 0 Å². The fourth-order valence-corrected chi connectivity index (χ4v) is 3.41. The molecule has 0 saturated heterocycles. The molecular weight excluding hydrogens is 260 g/mol. The normalized spacial score (nSPS) is 29.8. The molecule has 1 saturated carbocycles. The predicted octanol–water partition coefficient (Wildman–Crippen LogP) is 3.73. The van der Waals surface area contributed by atoms with Gasteiger partial charge >= 0.3 is 0 Å². The van der Waals surface area contributed by atoms with Crippen LogP contribution < -0.4 is 0 Å². The zero-order valence-electron chi connectivity index (χ0n) is 12.2. The highest BCUT2D eigenvalue weighted by Gasteiger charge is 2.39. The third kappa shape index (κ3) is 2.87. The summed E-state index contributed by atoms with van der Waals surface area (Å²) in [6.07, 6.45) is 3.39. The SMILES string of the molecule is O[C@]1(c2ccccc2)CCC[C@@](O)(c2ccccc2)CC1. The minimum atomic E-state index is -0.819. The summed E-state index contributed by atoms with van der Waals surface area (Å²) in [5.74, 6) is 0. The first-order valence-corrected chi connectivity index (χ1v) is 7.68. The maximum Gasteiger partial charge on any atom is 0.0897 e. The first-order chi connectivity index (χ1) is 10.1. The summed E-state index contributed by atoms with van der Waals surface area (Å²) in [7, 11) is 0. The van der Waals surface area contributed by atoms with Crippen LogP contribution >= 0.6 is 0 Å². The van der Waals surface area contributed by atoms with Crippen molar-refractivity contribution < 1.29 is 10.2 Å². The average molecular weight is 282 g/mol. The topological polar surface area (TPSA) is 40.5 Å². The number of benzene rings is 2. The van der Waals surface area contributed by atoms with Crippen molar-refractivity contribution in [2.75, 3.05) is 0 Å². The number of aliphatic hydroxyl groups is 2. The minimum absolute atomic E-state index is 0.586. The Morgan fingerprint density at radius 3 is 1.33 bits per heavy atom. The Balaban J connectivity index is 1.84. The number of hydrogen-bond donors (Lipinski definition) is 2. The third-order valence-corrected chi connectivity index (χ3v) is 4.76. The summed E-state index contributed by atoms with van der Waals surface area (Å²) in [4.78, 5) is 0. The molecule has 0 spiro atoms. The molecule has 0 bridgehead atoms. The third-order valence-electron chi connectivity index (χ3n) is 4.76. The molecule has 3 rings (SSSR count). The van der Waals surface area contributed by atoms with Gasteiger partial charge in [0.15, 0.2) is 0 Å². The van der Waals surface area contributed by atoms with E-state index in [1.165, 1.54) is 0 Å². The van der Waals surface area contributed by atoms with E-state index in [2.05, 4.69) is 0 Å². The molecule has 0 heterocycles. The van der Waals surface area contributed by atoms with E-state index in [9.17, 15) is 10.2 Å². The summed E-state index contributed by atoms with van der Waals surface area (Å²) in [5, 5.41) is 22.0. The number of hydrogen-bond acceptors (Lipinski definition) is 2. The van der Waals surface area contributed by atoms with Crippen LogP contribution in [0.15, 0.2) is 60.7 Å². The van der Waals surface area contributed by atoms with E-state index in [-0.39, 0.29) is 0 Å². The lowest BCUT2D eigenvalue weighted by Gasteiger charge is -2.30. The molecule has 0 aliphatic heterocycles. The van der Waals surface area contributed by atoms with E-state index in [1.807, 2.05) is 60.7 Å². The van der Waals surface area contributed by atoms with Crippen molar-refractivity contribution in [2.24, 2.45) is 0 Å². The van der Waals surface area contributed by atoms with Crippen LogP contribution in [-0.2, 0) is 11.2 Å². The molecule has 2 N–H and O–H groups in total. The van der Waals surface area contributed by atoms with Gasteiger partial charge in [-0.25, -0.2) is 0 Å². The Kier molecular flexibility index (Phi) is 3.83. The average Bonchev–Trinajstić information content (AvgIpc) is 2.70. The Morgan fingerprint density at radius 2 is 0.952 bits per heavy atom. The van der Waals surface area contributed by atoms with Gasteiger partial charge in [-0.1, -0.05) is 60.7 Å². The van der Waals surface area contributed by atoms with Crippen molar-refractivity contribution in [3.05, 3.63) is 71.8 Å². The van der Waals surface area contributed by atoms with Crippen LogP contribution in [0.1, 0.15) is 43.2 Å². The second-order valence-corrected chi connectivity index (χ2v) is 6.15. The molecule has 2 aromatic carbocycles. The molecule has 0 radical (unpaired) electrons. The van der Waals surface area contributed by atoms with Gasteiger partial charge in [0.05, 0.1) is 11.2 Å². The minimum Gasteiger partial charge on any atom is -0.385 e. The van der Waals surface area contributed by atoms with Gasteiger partial charge in [0.2, 0.25) is 0 Å². The lowest BCUT2D eigenvalue weighted by atomic mass is 9.84. The lowest BCUT2D eigenvalue weighted by Crippen LogP contribution is -2.28. The number of rotatable bonds is 2. The quantitative estimate of drug-likeness (QED) is 0.824. The molecule has 0 aromatic heterocycles. The van der Waals surface area contributed by atoms with E-state index in [1.54, 1.807) is 0 Å². The molecule has 2 nitrogen and oxygen atoms in total. The molecule has 0 amide bonds. The lowest BCUT2D eigenvalue weighted by molar-refractivity contribution is -0.00774. The summed E-state index contributed by atoms with van der Waals surface area (Å²) in [5.41, 5.74) is 0.283. The van der Waals surface area contributed by atoms with Gasteiger partial charge in [-0.3, -0.25) is 0 Å². The van der Waals surface area contributed by atoms with Gasteiger partial charge in [-0.2, -0.15) is 0 Å². The zero-order valence-corrected chi connectivity index (χ0v) is 12.2. The molecule has 2 atom stereocenters. The van der Waals surface area contributed by atoms with E-state index < -0.39 is 11.2 Å². The van der Waals surface area contributed by atoms with E-state index in [0.717, 1.165) is 17.5 Å². The molecule has 21 heavy (non-hydrogen) atoms. The molecule has 0 unspecified atom stereocenters. The van der Waals surface area contributed by atoms with Crippen molar-refractivity contribution in [3.63, 3.8) is 0 Å². The Hall–Kier alpha value is -1.64. The zero-order chi connectivity index (χ0) is 14.8. The van der Waals surface area contributed by atoms with Crippen LogP contribution in [0.4, 0.5) is 0 Å². The van der Waals surface area contributed by atoms with Gasteiger partial charge in [0, 0.05) is 0 Å². The second-order valence-electron chi connectivity index (χ2n) is 6.15. The molecule has 1 fully saturated rings. The van der Waals surface area contributed by atoms with Crippen LogP contribution in [0, 0.1) is 0 Å². The fourth-order valence-electron chi connectivity index (χ4n) is 3.41. The van der Waals surface area contributed by atoms with Gasteiger partial charge in [-0.15, -0.1) is 0 Å². The summed E-state index contributed by atoms with van der Waals surface area (Å²) in [6, 6.07) is 19.7. The maximum atomic E-state index is 11.0. The summed E-state index contributed by atoms with van der Waals surface area (Å²) >= 11 is 0. The van der Waals surface area contributed by atoms with Crippen molar-refractivity contribution in [2.45, 2.75) is 43.3 Å². The Bertz CT molecular complexity index is 528. The Morgan fingerprint density at radius 1 is 0.571 bits per heavy atom. The van der Waals surface area contributed by atoms with Gasteiger partial charge in [-0.05, 0) is 43.2 Å². The molecule has 1 aliphatic rings. The Labute approximate surface area is 126 Å². The highest BCUT2D eigenvalue weighted by atomic mass is 16.3. The van der Waals surface area contributed by atoms with Crippen LogP contribution in [0.2, 0.25) is 0 Å². The molecule has 110 valence electrons. The monoisotopic (exact) mass is 282 g/mol. The highest BCUT2D eigenvalue weighted by Crippen LogP contribution is 2.43. The fraction of sp³-hybridized carbons (Fsp3) is 0.368. The van der Waals surface area contributed by atoms with E-state index in [0.29, 0.717) is 25.7 Å². The largest absolute Gasteiger partial charge is 0.385 e. The smallest absolute Gasteiger partial charge is 0.0897 e. The first kappa shape index (κ1) is 14.3. The summed E-state index contributed by atoms with van der Waals surface area (Å²) < 4.78 is 0. The second kappa shape index (κ2) is 5.63. The van der Waals surface area contributed by atoms with Crippen molar-refractivity contribution in [1.29, 1.82) is 0 Å². The van der Waals surface area contributed by atoms with Crippen LogP contribution in [0.5, 0.6) is 0 Å². The van der Waals surface area contributed by atoms with Crippen LogP contribution in [0.3, 0.4) is 0 Å². The van der Waals surface area contributed by atoms with Crippen molar-refractivity contribution >= 4 is 0 Å². The van der Waals surface area contributed by atoms with E-state index in [4.69, 9.17) is 0 Å². The molecule has 2 heteroatoms. The molecule has 2 aromatic rings. The van der Waals surface area contributed by atoms with Gasteiger partial charge < -0.3 is 10.2 Å². The first-order valence-electron chi connectivity index (χ1n) is 7.68. The van der Waals surface area contributed by atoms with Crippen LogP contribution in [0.25, 0.3) is 0 Å². The standard InChI is InChI=1S/C19H22O2/c20-18(16-8-3-1-4-9-16)12-7-13-19(21,15-14-18)17-10-5-2-6-11-17/h1-6,8-11,20-21H,7,12-15H2/t18-,19+. The van der Waals surface area contributed by atoms with Crippen molar-refractivity contribution in [3.8, 4) is 0 Å². The highest BCUT2D eigenvalue weighted by molar-refractivity contribution is 5.26. The van der Waals surface area contributed by atoms with E-state index >= 15 is 0 Å². The van der Waals surface area contributed by atoms with Crippen molar-refractivity contribution in [1.82, 2.24) is 0 Å².